The highest BCUT2D eigenvalue weighted by atomic mass is 35.5. The third kappa shape index (κ3) is 3.22. The van der Waals surface area contributed by atoms with Gasteiger partial charge in [0.05, 0.1) is 5.56 Å². The average Bonchev–Trinajstić information content (AvgIpc) is 2.47. The molecule has 104 valence electrons. The van der Waals surface area contributed by atoms with Gasteiger partial charge < -0.3 is 15.7 Å². The molecule has 1 atom stereocenters. The number of rotatable bonds is 4. The number of nitrogens with zero attached hydrogens (tertiary/aromatic N) is 1. The molecule has 20 heavy (non-hydrogen) atoms. The summed E-state index contributed by atoms with van der Waals surface area (Å²) in [7, 11) is 0. The second kappa shape index (κ2) is 6.30. The molecule has 0 fully saturated rings. The number of oxime groups is 1. The minimum atomic E-state index is -0.181. The van der Waals surface area contributed by atoms with E-state index in [9.17, 15) is 0 Å². The maximum Gasteiger partial charge on any atom is 0.173 e. The van der Waals surface area contributed by atoms with Gasteiger partial charge in [-0.3, -0.25) is 0 Å². The van der Waals surface area contributed by atoms with Crippen LogP contribution in [-0.2, 0) is 0 Å². The fourth-order valence-corrected chi connectivity index (χ4v) is 2.00. The summed E-state index contributed by atoms with van der Waals surface area (Å²) < 4.78 is 5.88. The van der Waals surface area contributed by atoms with Crippen molar-refractivity contribution in [2.45, 2.75) is 13.0 Å². The first kappa shape index (κ1) is 14.2. The number of hydrogen-bond donors (Lipinski definition) is 2. The molecule has 3 N–H and O–H groups in total. The highest BCUT2D eigenvalue weighted by Crippen LogP contribution is 2.28. The SMILES string of the molecule is CC(Oc1cc(Cl)ccc1C(N)=NO)c1ccccc1. The third-order valence-corrected chi connectivity index (χ3v) is 3.14. The van der Waals surface area contributed by atoms with Gasteiger partial charge in [-0.2, -0.15) is 0 Å². The number of ether oxygens (including phenoxy) is 1. The van der Waals surface area contributed by atoms with Gasteiger partial charge in [0, 0.05) is 5.02 Å². The van der Waals surface area contributed by atoms with E-state index in [4.69, 9.17) is 27.3 Å². The Balaban J connectivity index is 2.31. The first-order chi connectivity index (χ1) is 9.61. The Bertz CT molecular complexity index is 615. The molecule has 5 heteroatoms. The van der Waals surface area contributed by atoms with E-state index in [2.05, 4.69) is 5.16 Å². The van der Waals surface area contributed by atoms with Crippen molar-refractivity contribution in [1.82, 2.24) is 0 Å². The quantitative estimate of drug-likeness (QED) is 0.391. The van der Waals surface area contributed by atoms with E-state index >= 15 is 0 Å². The summed E-state index contributed by atoms with van der Waals surface area (Å²) in [6, 6.07) is 14.7. The van der Waals surface area contributed by atoms with Crippen LogP contribution < -0.4 is 10.5 Å². The van der Waals surface area contributed by atoms with Crippen LogP contribution >= 0.6 is 11.6 Å². The summed E-state index contributed by atoms with van der Waals surface area (Å²) >= 11 is 5.97. The molecule has 4 nitrogen and oxygen atoms in total. The van der Waals surface area contributed by atoms with E-state index in [1.54, 1.807) is 18.2 Å². The maximum absolute atomic E-state index is 8.81. The Morgan fingerprint density at radius 3 is 2.60 bits per heavy atom. The van der Waals surface area contributed by atoms with Crippen molar-refractivity contribution in [2.24, 2.45) is 10.9 Å². The van der Waals surface area contributed by atoms with Gasteiger partial charge in [-0.1, -0.05) is 47.1 Å². The molecule has 0 heterocycles. The van der Waals surface area contributed by atoms with Crippen molar-refractivity contribution < 1.29 is 9.94 Å². The lowest BCUT2D eigenvalue weighted by atomic mass is 10.1. The van der Waals surface area contributed by atoms with Gasteiger partial charge in [0.15, 0.2) is 5.84 Å². The molecule has 0 aliphatic rings. The van der Waals surface area contributed by atoms with E-state index < -0.39 is 0 Å². The van der Waals surface area contributed by atoms with Crippen molar-refractivity contribution >= 4 is 17.4 Å². The van der Waals surface area contributed by atoms with Crippen LogP contribution in [0.5, 0.6) is 5.75 Å². The third-order valence-electron chi connectivity index (χ3n) is 2.90. The summed E-state index contributed by atoms with van der Waals surface area (Å²) in [4.78, 5) is 0. The van der Waals surface area contributed by atoms with Crippen LogP contribution in [0, 0.1) is 0 Å². The van der Waals surface area contributed by atoms with Gasteiger partial charge in [0.1, 0.15) is 11.9 Å². The molecular weight excluding hydrogens is 276 g/mol. The molecule has 2 aromatic rings. The van der Waals surface area contributed by atoms with Crippen molar-refractivity contribution in [3.63, 3.8) is 0 Å². The number of hydrogen-bond acceptors (Lipinski definition) is 3. The minimum absolute atomic E-state index is 0.0167. The van der Waals surface area contributed by atoms with Crippen molar-refractivity contribution in [3.05, 3.63) is 64.7 Å². The van der Waals surface area contributed by atoms with E-state index in [-0.39, 0.29) is 11.9 Å². The molecular formula is C15H15ClN2O2. The number of nitrogens with two attached hydrogens (primary N) is 1. The van der Waals surface area contributed by atoms with Crippen LogP contribution in [0.3, 0.4) is 0 Å². The molecule has 0 saturated heterocycles. The Kier molecular flexibility index (Phi) is 4.48. The van der Waals surface area contributed by atoms with Gasteiger partial charge in [-0.05, 0) is 30.7 Å². The smallest absolute Gasteiger partial charge is 0.173 e. The summed E-state index contributed by atoms with van der Waals surface area (Å²) in [6.45, 7) is 1.92. The van der Waals surface area contributed by atoms with Gasteiger partial charge >= 0.3 is 0 Å². The number of benzene rings is 2. The van der Waals surface area contributed by atoms with Gasteiger partial charge in [0.2, 0.25) is 0 Å². The Hall–Kier alpha value is -2.20. The van der Waals surface area contributed by atoms with Gasteiger partial charge in [-0.15, -0.1) is 0 Å². The zero-order chi connectivity index (χ0) is 14.5. The van der Waals surface area contributed by atoms with Crippen LogP contribution in [0.4, 0.5) is 0 Å². The van der Waals surface area contributed by atoms with Crippen LogP contribution in [0.2, 0.25) is 5.02 Å². The lowest BCUT2D eigenvalue weighted by Crippen LogP contribution is -2.15. The van der Waals surface area contributed by atoms with Crippen LogP contribution in [-0.4, -0.2) is 11.0 Å². The van der Waals surface area contributed by atoms with Crippen molar-refractivity contribution in [2.75, 3.05) is 0 Å². The molecule has 1 unspecified atom stereocenters. The summed E-state index contributed by atoms with van der Waals surface area (Å²) in [5, 5.41) is 12.3. The maximum atomic E-state index is 8.81. The summed E-state index contributed by atoms with van der Waals surface area (Å²) in [5.41, 5.74) is 7.16. The van der Waals surface area contributed by atoms with Crippen molar-refractivity contribution in [3.8, 4) is 5.75 Å². The molecule has 0 saturated carbocycles. The molecule has 0 aliphatic carbocycles. The highest BCUT2D eigenvalue weighted by molar-refractivity contribution is 6.30. The van der Waals surface area contributed by atoms with Gasteiger partial charge in [0.25, 0.3) is 0 Å². The lowest BCUT2D eigenvalue weighted by Gasteiger charge is -2.17. The second-order valence-corrected chi connectivity index (χ2v) is 4.73. The molecule has 0 bridgehead atoms. The first-order valence-corrected chi connectivity index (χ1v) is 6.48. The largest absolute Gasteiger partial charge is 0.485 e. The van der Waals surface area contributed by atoms with Crippen LogP contribution in [0.25, 0.3) is 0 Å². The first-order valence-electron chi connectivity index (χ1n) is 6.11. The zero-order valence-electron chi connectivity index (χ0n) is 11.0. The molecule has 0 radical (unpaired) electrons. The van der Waals surface area contributed by atoms with Gasteiger partial charge in [-0.25, -0.2) is 0 Å². The monoisotopic (exact) mass is 290 g/mol. The van der Waals surface area contributed by atoms with E-state index in [1.807, 2.05) is 37.3 Å². The van der Waals surface area contributed by atoms with E-state index in [0.717, 1.165) is 5.56 Å². The van der Waals surface area contributed by atoms with Crippen LogP contribution in [0.15, 0.2) is 53.7 Å². The number of amidine groups is 1. The Morgan fingerprint density at radius 1 is 1.25 bits per heavy atom. The molecule has 2 aromatic carbocycles. The highest BCUT2D eigenvalue weighted by Gasteiger charge is 2.13. The molecule has 0 aliphatic heterocycles. The fraction of sp³-hybridized carbons (Fsp3) is 0.133. The van der Waals surface area contributed by atoms with Crippen LogP contribution in [0.1, 0.15) is 24.2 Å². The topological polar surface area (TPSA) is 67.8 Å². The molecule has 0 spiro atoms. The average molecular weight is 291 g/mol. The predicted octanol–water partition coefficient (Wildman–Crippen LogP) is 3.57. The Morgan fingerprint density at radius 2 is 1.95 bits per heavy atom. The van der Waals surface area contributed by atoms with Crippen molar-refractivity contribution in [1.29, 1.82) is 0 Å². The Labute approximate surface area is 122 Å². The normalized spacial score (nSPS) is 13.0. The minimum Gasteiger partial charge on any atom is -0.485 e. The summed E-state index contributed by atoms with van der Waals surface area (Å²) in [5.74, 6) is 0.459. The standard InChI is InChI=1S/C15H15ClN2O2/c1-10(11-5-3-2-4-6-11)20-14-9-12(16)7-8-13(14)15(17)18-19/h2-10,19H,1H3,(H2,17,18). The summed E-state index contributed by atoms with van der Waals surface area (Å²) in [6.07, 6.45) is -0.181. The molecule has 0 amide bonds. The zero-order valence-corrected chi connectivity index (χ0v) is 11.7. The predicted molar refractivity (Wildman–Crippen MR) is 79.4 cm³/mol. The lowest BCUT2D eigenvalue weighted by molar-refractivity contribution is 0.226. The molecule has 0 aromatic heterocycles. The van der Waals surface area contributed by atoms with E-state index in [1.165, 1.54) is 0 Å². The fourth-order valence-electron chi connectivity index (χ4n) is 1.84. The molecule has 2 rings (SSSR count). The van der Waals surface area contributed by atoms with E-state index in [0.29, 0.717) is 16.3 Å². The number of halogens is 1. The second-order valence-electron chi connectivity index (χ2n) is 4.30.